The molecule has 174 valence electrons. The number of esters is 1. The number of fused-ring (bicyclic) bond motifs is 1. The van der Waals surface area contributed by atoms with Crippen LogP contribution in [0.4, 0.5) is 0 Å². The van der Waals surface area contributed by atoms with Crippen molar-refractivity contribution in [2.45, 2.75) is 30.4 Å². The normalized spacial score (nSPS) is 12.4. The van der Waals surface area contributed by atoms with Gasteiger partial charge in [-0.2, -0.15) is 5.26 Å². The van der Waals surface area contributed by atoms with E-state index >= 15 is 0 Å². The molecule has 4 rings (SSSR count). The van der Waals surface area contributed by atoms with Crippen LogP contribution in [-0.2, 0) is 25.8 Å². The molecule has 0 radical (unpaired) electrons. The van der Waals surface area contributed by atoms with Gasteiger partial charge in [-0.15, -0.1) is 0 Å². The maximum atomic E-state index is 14.0. The molecule has 0 aliphatic carbocycles. The van der Waals surface area contributed by atoms with E-state index in [1.54, 1.807) is 67.0 Å². The maximum Gasteiger partial charge on any atom is 0.310 e. The van der Waals surface area contributed by atoms with Gasteiger partial charge in [-0.25, -0.2) is 8.42 Å². The lowest BCUT2D eigenvalue weighted by Gasteiger charge is -2.19. The Morgan fingerprint density at radius 1 is 1.24 bits per heavy atom. The third-order valence-electron chi connectivity index (χ3n) is 5.70. The number of carbonyl (C=O) groups is 1. The van der Waals surface area contributed by atoms with Gasteiger partial charge >= 0.3 is 5.97 Å². The minimum Gasteiger partial charge on any atom is -0.466 e. The molecule has 1 N–H and O–H groups in total. The number of carbonyl (C=O) groups excluding carboxylic acids is 1. The maximum absolute atomic E-state index is 14.0. The monoisotopic (exact) mass is 495 g/mol. The molecule has 0 aliphatic heterocycles. The molecule has 3 heterocycles. The number of nitrogens with one attached hydrogen (secondary N) is 1. The molecule has 0 saturated heterocycles. The zero-order chi connectivity index (χ0) is 24.5. The van der Waals surface area contributed by atoms with Gasteiger partial charge in [-0.1, -0.05) is 17.7 Å². The number of rotatable bonds is 7. The number of pyridine rings is 1. The molecular formula is C25H22ClN3O4S. The summed E-state index contributed by atoms with van der Waals surface area (Å²) in [7, 11) is -3.99. The number of hydrogen-bond donors (Lipinski definition) is 1. The number of ether oxygens (including phenoxy) is 1. The first kappa shape index (κ1) is 23.6. The van der Waals surface area contributed by atoms with Gasteiger partial charge in [0.05, 0.1) is 29.2 Å². The Morgan fingerprint density at radius 2 is 2.03 bits per heavy atom. The fourth-order valence-corrected chi connectivity index (χ4v) is 6.34. The molecule has 9 heteroatoms. The summed E-state index contributed by atoms with van der Waals surface area (Å²) in [5, 5.41) is 8.66. The molecule has 0 spiro atoms. The van der Waals surface area contributed by atoms with Gasteiger partial charge in [-0.05, 0) is 67.4 Å². The molecule has 1 atom stereocenters. The molecule has 1 unspecified atom stereocenters. The number of aromatic amines is 1. The van der Waals surface area contributed by atoms with Crippen LogP contribution in [0.5, 0.6) is 0 Å². The summed E-state index contributed by atoms with van der Waals surface area (Å²) in [4.78, 5) is 15.5. The van der Waals surface area contributed by atoms with E-state index in [-0.39, 0.29) is 17.9 Å². The van der Waals surface area contributed by atoms with Gasteiger partial charge in [0.2, 0.25) is 0 Å². The third-order valence-corrected chi connectivity index (χ3v) is 7.94. The lowest BCUT2D eigenvalue weighted by Crippen LogP contribution is -2.18. The molecule has 0 amide bonds. The zero-order valence-electron chi connectivity index (χ0n) is 18.6. The van der Waals surface area contributed by atoms with E-state index in [1.807, 2.05) is 0 Å². The number of halogens is 1. The van der Waals surface area contributed by atoms with Crippen molar-refractivity contribution >= 4 is 32.9 Å². The van der Waals surface area contributed by atoms with E-state index in [1.165, 1.54) is 12.1 Å². The van der Waals surface area contributed by atoms with Gasteiger partial charge in [0.25, 0.3) is 0 Å². The molecule has 3 aromatic heterocycles. The molecule has 0 saturated carbocycles. The molecule has 0 aliphatic rings. The van der Waals surface area contributed by atoms with Crippen molar-refractivity contribution < 1.29 is 17.9 Å². The number of hydrogen-bond acceptors (Lipinski definition) is 5. The second-order valence-electron chi connectivity index (χ2n) is 7.76. The highest BCUT2D eigenvalue weighted by atomic mass is 35.5. The van der Waals surface area contributed by atoms with Crippen molar-refractivity contribution in [3.8, 4) is 6.07 Å². The van der Waals surface area contributed by atoms with Crippen LogP contribution in [0, 0.1) is 18.3 Å². The largest absolute Gasteiger partial charge is 0.466 e. The lowest BCUT2D eigenvalue weighted by molar-refractivity contribution is -0.142. The standard InChI is InChI=1S/C25H22ClN3O4S/c1-3-33-23(30)13-20-16(2)24(29-15-17(14-27)9-10-22(20)29)25(21-8-5-11-28-21)34(31,32)19-7-4-6-18(26)12-19/h4-12,15,25,28H,3,13H2,1-2H3. The number of nitrogens with zero attached hydrogens (tertiary/aromatic N) is 2. The SMILES string of the molecule is CCOC(=O)Cc1c(C)c(C(c2ccc[nH]2)S(=O)(=O)c2cccc(Cl)c2)n2cc(C#N)ccc12. The summed E-state index contributed by atoms with van der Waals surface area (Å²) in [5.74, 6) is -0.414. The lowest BCUT2D eigenvalue weighted by atomic mass is 10.1. The van der Waals surface area contributed by atoms with Crippen LogP contribution < -0.4 is 0 Å². The second kappa shape index (κ2) is 9.37. The van der Waals surface area contributed by atoms with Crippen LogP contribution in [0.15, 0.2) is 65.8 Å². The summed E-state index contributed by atoms with van der Waals surface area (Å²) >= 11 is 6.12. The number of nitriles is 1. The van der Waals surface area contributed by atoms with Crippen molar-refractivity contribution in [3.05, 3.63) is 94.0 Å². The summed E-state index contributed by atoms with van der Waals surface area (Å²) in [6.07, 6.45) is 3.22. The van der Waals surface area contributed by atoms with Crippen molar-refractivity contribution in [3.63, 3.8) is 0 Å². The highest BCUT2D eigenvalue weighted by molar-refractivity contribution is 7.91. The molecule has 4 aromatic rings. The van der Waals surface area contributed by atoms with Crippen LogP contribution in [0.3, 0.4) is 0 Å². The number of aromatic nitrogens is 2. The molecule has 7 nitrogen and oxygen atoms in total. The van der Waals surface area contributed by atoms with E-state index in [2.05, 4.69) is 11.1 Å². The van der Waals surface area contributed by atoms with E-state index in [9.17, 15) is 18.5 Å². The minimum atomic E-state index is -3.99. The Kier molecular flexibility index (Phi) is 6.51. The molecule has 0 fully saturated rings. The summed E-state index contributed by atoms with van der Waals surface area (Å²) in [6, 6.07) is 15.0. The van der Waals surface area contributed by atoms with Crippen LogP contribution >= 0.6 is 11.6 Å². The predicted molar refractivity (Wildman–Crippen MR) is 128 cm³/mol. The minimum absolute atomic E-state index is 0.0241. The Balaban J connectivity index is 2.04. The van der Waals surface area contributed by atoms with Crippen molar-refractivity contribution in [1.29, 1.82) is 5.26 Å². The summed E-state index contributed by atoms with van der Waals surface area (Å²) in [6.45, 7) is 3.75. The quantitative estimate of drug-likeness (QED) is 0.372. The van der Waals surface area contributed by atoms with Crippen molar-refractivity contribution in [2.75, 3.05) is 6.61 Å². The predicted octanol–water partition coefficient (Wildman–Crippen LogP) is 4.77. The van der Waals surface area contributed by atoms with Crippen molar-refractivity contribution in [2.24, 2.45) is 0 Å². The van der Waals surface area contributed by atoms with Gasteiger partial charge in [0.15, 0.2) is 9.84 Å². The molecule has 1 aromatic carbocycles. The Bertz CT molecular complexity index is 1520. The average molecular weight is 496 g/mol. The fourth-order valence-electron chi connectivity index (χ4n) is 4.19. The van der Waals surface area contributed by atoms with E-state index in [4.69, 9.17) is 16.3 Å². The van der Waals surface area contributed by atoms with E-state index < -0.39 is 21.1 Å². The Labute approximate surface area is 202 Å². The van der Waals surface area contributed by atoms with Gasteiger partial charge in [0, 0.05) is 28.6 Å². The van der Waals surface area contributed by atoms with Crippen LogP contribution in [0.1, 0.15) is 40.3 Å². The third kappa shape index (κ3) is 4.20. The number of H-pyrrole nitrogens is 1. The van der Waals surface area contributed by atoms with Gasteiger partial charge in [0.1, 0.15) is 11.3 Å². The number of benzene rings is 1. The second-order valence-corrected chi connectivity index (χ2v) is 10.2. The van der Waals surface area contributed by atoms with Gasteiger partial charge < -0.3 is 14.1 Å². The summed E-state index contributed by atoms with van der Waals surface area (Å²) in [5.41, 5.74) is 3.17. The fraction of sp³-hybridized carbons (Fsp3) is 0.200. The Morgan fingerprint density at radius 3 is 2.68 bits per heavy atom. The first-order valence-electron chi connectivity index (χ1n) is 10.6. The number of sulfone groups is 1. The molecular weight excluding hydrogens is 474 g/mol. The first-order chi connectivity index (χ1) is 16.3. The Hall–Kier alpha value is -3.54. The average Bonchev–Trinajstić information content (AvgIpc) is 3.42. The zero-order valence-corrected chi connectivity index (χ0v) is 20.2. The van der Waals surface area contributed by atoms with Crippen LogP contribution in [-0.4, -0.2) is 30.4 Å². The smallest absolute Gasteiger partial charge is 0.310 e. The summed E-state index contributed by atoms with van der Waals surface area (Å²) < 4.78 is 34.9. The highest BCUT2D eigenvalue weighted by Crippen LogP contribution is 2.39. The first-order valence-corrected chi connectivity index (χ1v) is 12.5. The van der Waals surface area contributed by atoms with Crippen LogP contribution in [0.2, 0.25) is 5.02 Å². The van der Waals surface area contributed by atoms with Crippen molar-refractivity contribution in [1.82, 2.24) is 9.38 Å². The topological polar surface area (TPSA) is 104 Å². The molecule has 34 heavy (non-hydrogen) atoms. The van der Waals surface area contributed by atoms with E-state index in [0.717, 1.165) is 0 Å². The van der Waals surface area contributed by atoms with E-state index in [0.29, 0.717) is 38.6 Å². The van der Waals surface area contributed by atoms with Gasteiger partial charge in [-0.3, -0.25) is 4.79 Å². The highest BCUT2D eigenvalue weighted by Gasteiger charge is 2.36. The van der Waals surface area contributed by atoms with Crippen LogP contribution in [0.25, 0.3) is 5.52 Å². The molecule has 0 bridgehead atoms.